The van der Waals surface area contributed by atoms with Gasteiger partial charge in [-0.15, -0.1) is 11.3 Å². The van der Waals surface area contributed by atoms with E-state index in [2.05, 4.69) is 59.6 Å². The molecule has 0 fully saturated rings. The summed E-state index contributed by atoms with van der Waals surface area (Å²) in [4.78, 5) is 12.2. The Morgan fingerprint density at radius 2 is 2.05 bits per heavy atom. The van der Waals surface area contributed by atoms with Crippen LogP contribution < -0.4 is 11.3 Å². The summed E-state index contributed by atoms with van der Waals surface area (Å²) < 4.78 is 0. The summed E-state index contributed by atoms with van der Waals surface area (Å²) in [5.41, 5.74) is 3.77. The van der Waals surface area contributed by atoms with Crippen LogP contribution >= 0.6 is 23.1 Å². The molecule has 0 radical (unpaired) electrons. The number of nitrogens with zero attached hydrogens (tertiary/aromatic N) is 2. The lowest BCUT2D eigenvalue weighted by molar-refractivity contribution is 1.08. The highest BCUT2D eigenvalue weighted by molar-refractivity contribution is 7.99. The molecule has 0 saturated heterocycles. The molecule has 0 spiro atoms. The molecular weight excluding hydrogens is 288 g/mol. The summed E-state index contributed by atoms with van der Waals surface area (Å²) in [7, 11) is 0. The van der Waals surface area contributed by atoms with Crippen molar-refractivity contribution >= 4 is 39.3 Å². The van der Waals surface area contributed by atoms with Crippen molar-refractivity contribution in [3.63, 3.8) is 0 Å². The molecule has 4 nitrogen and oxygen atoms in total. The van der Waals surface area contributed by atoms with E-state index in [0.717, 1.165) is 20.1 Å². The molecule has 2 heterocycles. The minimum Gasteiger partial charge on any atom is -0.292 e. The van der Waals surface area contributed by atoms with Gasteiger partial charge in [0.15, 0.2) is 0 Å². The first-order valence-corrected chi connectivity index (χ1v) is 7.78. The summed E-state index contributed by atoms with van der Waals surface area (Å²) in [6, 6.07) is 10.5. The van der Waals surface area contributed by atoms with Gasteiger partial charge >= 0.3 is 0 Å². The fourth-order valence-corrected chi connectivity index (χ4v) is 3.90. The largest absolute Gasteiger partial charge is 0.292 e. The minimum absolute atomic E-state index is 0.453. The number of aromatic nitrogens is 2. The van der Waals surface area contributed by atoms with Crippen molar-refractivity contribution in [1.29, 1.82) is 0 Å². The Balaban J connectivity index is 2.09. The van der Waals surface area contributed by atoms with Gasteiger partial charge in [-0.05, 0) is 32.0 Å². The van der Waals surface area contributed by atoms with Gasteiger partial charge < -0.3 is 0 Å². The van der Waals surface area contributed by atoms with Crippen molar-refractivity contribution in [2.45, 2.75) is 23.8 Å². The van der Waals surface area contributed by atoms with Gasteiger partial charge in [0, 0.05) is 15.2 Å². The van der Waals surface area contributed by atoms with Gasteiger partial charge in [-0.2, -0.15) is 0 Å². The summed E-state index contributed by atoms with van der Waals surface area (Å²) >= 11 is 3.28. The van der Waals surface area contributed by atoms with Crippen LogP contribution in [0.15, 0.2) is 40.3 Å². The Hall–Kier alpha value is -1.63. The van der Waals surface area contributed by atoms with E-state index in [1.165, 1.54) is 10.4 Å². The molecule has 1 aromatic carbocycles. The first-order valence-electron chi connectivity index (χ1n) is 6.15. The average molecular weight is 302 g/mol. The van der Waals surface area contributed by atoms with Crippen molar-refractivity contribution in [2.75, 3.05) is 5.43 Å². The van der Waals surface area contributed by atoms with Crippen LogP contribution in [0.25, 0.3) is 10.2 Å². The Kier molecular flexibility index (Phi) is 3.60. The van der Waals surface area contributed by atoms with Crippen molar-refractivity contribution in [3.05, 3.63) is 40.8 Å². The number of hydrogen-bond acceptors (Lipinski definition) is 6. The fourth-order valence-electron chi connectivity index (χ4n) is 1.95. The summed E-state index contributed by atoms with van der Waals surface area (Å²) in [5.74, 6) is 5.91. The fraction of sp³-hybridized carbons (Fsp3) is 0.143. The third-order valence-electron chi connectivity index (χ3n) is 2.81. The number of nitrogens with one attached hydrogen (secondary N) is 1. The van der Waals surface area contributed by atoms with Gasteiger partial charge in [0.2, 0.25) is 5.95 Å². The number of rotatable bonds is 3. The van der Waals surface area contributed by atoms with Crippen LogP contribution in [0.2, 0.25) is 0 Å². The van der Waals surface area contributed by atoms with E-state index in [0.29, 0.717) is 5.95 Å². The summed E-state index contributed by atoms with van der Waals surface area (Å²) in [6.07, 6.45) is 0. The van der Waals surface area contributed by atoms with E-state index in [-0.39, 0.29) is 0 Å². The number of nitrogen functional groups attached to an aromatic ring is 1. The molecule has 0 amide bonds. The van der Waals surface area contributed by atoms with Crippen molar-refractivity contribution in [3.8, 4) is 0 Å². The number of hydrazine groups is 1. The molecule has 20 heavy (non-hydrogen) atoms. The number of anilines is 1. The average Bonchev–Trinajstić information content (AvgIpc) is 2.79. The molecule has 0 aliphatic carbocycles. The highest BCUT2D eigenvalue weighted by atomic mass is 32.2. The SMILES string of the molecule is Cc1cccc(Sc2nc(NN)nc3sc(C)cc23)c1. The van der Waals surface area contributed by atoms with Gasteiger partial charge in [-0.3, -0.25) is 5.43 Å². The molecule has 0 aliphatic rings. The molecule has 0 bridgehead atoms. The summed E-state index contributed by atoms with van der Waals surface area (Å²) in [5, 5.41) is 2.01. The predicted molar refractivity (Wildman–Crippen MR) is 85.3 cm³/mol. The number of aryl methyl sites for hydroxylation is 2. The summed E-state index contributed by atoms with van der Waals surface area (Å²) in [6.45, 7) is 4.16. The second-order valence-electron chi connectivity index (χ2n) is 4.49. The van der Waals surface area contributed by atoms with E-state index in [4.69, 9.17) is 5.84 Å². The van der Waals surface area contributed by atoms with E-state index in [9.17, 15) is 0 Å². The monoisotopic (exact) mass is 302 g/mol. The molecule has 3 N–H and O–H groups in total. The highest BCUT2D eigenvalue weighted by Gasteiger charge is 2.11. The maximum Gasteiger partial charge on any atom is 0.239 e. The van der Waals surface area contributed by atoms with Crippen LogP contribution in [0.3, 0.4) is 0 Å². The Labute approximate surface area is 125 Å². The molecule has 102 valence electrons. The lowest BCUT2D eigenvalue weighted by Crippen LogP contribution is -2.10. The van der Waals surface area contributed by atoms with Crippen LogP contribution in [0.5, 0.6) is 0 Å². The van der Waals surface area contributed by atoms with Crippen LogP contribution in [0, 0.1) is 13.8 Å². The molecule has 3 rings (SSSR count). The quantitative estimate of drug-likeness (QED) is 0.438. The second kappa shape index (κ2) is 5.40. The van der Waals surface area contributed by atoms with Crippen molar-refractivity contribution in [2.24, 2.45) is 5.84 Å². The maximum absolute atomic E-state index is 5.45. The van der Waals surface area contributed by atoms with Crippen molar-refractivity contribution in [1.82, 2.24) is 9.97 Å². The maximum atomic E-state index is 5.45. The van der Waals surface area contributed by atoms with E-state index >= 15 is 0 Å². The molecule has 0 aliphatic heterocycles. The molecule has 0 saturated carbocycles. The number of benzene rings is 1. The topological polar surface area (TPSA) is 63.8 Å². The van der Waals surface area contributed by atoms with E-state index < -0.39 is 0 Å². The van der Waals surface area contributed by atoms with E-state index in [1.807, 2.05) is 0 Å². The lowest BCUT2D eigenvalue weighted by Gasteiger charge is -2.05. The third kappa shape index (κ3) is 2.63. The van der Waals surface area contributed by atoms with Gasteiger partial charge in [0.25, 0.3) is 0 Å². The zero-order valence-corrected chi connectivity index (χ0v) is 12.8. The van der Waals surface area contributed by atoms with Crippen LogP contribution in [0.4, 0.5) is 5.95 Å². The third-order valence-corrected chi connectivity index (χ3v) is 4.75. The minimum atomic E-state index is 0.453. The van der Waals surface area contributed by atoms with Crippen LogP contribution in [-0.2, 0) is 0 Å². The Morgan fingerprint density at radius 3 is 2.80 bits per heavy atom. The van der Waals surface area contributed by atoms with Crippen molar-refractivity contribution < 1.29 is 0 Å². The second-order valence-corrected chi connectivity index (χ2v) is 6.79. The van der Waals surface area contributed by atoms with Gasteiger partial charge in [0.1, 0.15) is 9.86 Å². The van der Waals surface area contributed by atoms with Crippen LogP contribution in [-0.4, -0.2) is 9.97 Å². The molecular formula is C14H14N4S2. The Bertz CT molecular complexity index is 767. The van der Waals surface area contributed by atoms with Gasteiger partial charge in [-0.25, -0.2) is 15.8 Å². The molecule has 2 aromatic heterocycles. The van der Waals surface area contributed by atoms with Gasteiger partial charge in [0.05, 0.1) is 0 Å². The number of fused-ring (bicyclic) bond motifs is 1. The lowest BCUT2D eigenvalue weighted by atomic mass is 10.2. The first-order chi connectivity index (χ1) is 9.65. The molecule has 3 aromatic rings. The molecule has 6 heteroatoms. The molecule has 0 unspecified atom stereocenters. The van der Waals surface area contributed by atoms with Crippen LogP contribution in [0.1, 0.15) is 10.4 Å². The number of nitrogens with two attached hydrogens (primary N) is 1. The number of thiophene rings is 1. The zero-order chi connectivity index (χ0) is 14.1. The smallest absolute Gasteiger partial charge is 0.239 e. The highest BCUT2D eigenvalue weighted by Crippen LogP contribution is 2.35. The first kappa shape index (κ1) is 13.4. The zero-order valence-electron chi connectivity index (χ0n) is 11.2. The number of hydrogen-bond donors (Lipinski definition) is 2. The predicted octanol–water partition coefficient (Wildman–Crippen LogP) is 3.74. The standard InChI is InChI=1S/C14H14N4S2/c1-8-4-3-5-10(6-8)20-13-11-7-9(2)19-12(11)16-14(17-13)18-15/h3-7H,15H2,1-2H3,(H,16,17,18). The normalized spacial score (nSPS) is 10.9. The Morgan fingerprint density at radius 1 is 1.20 bits per heavy atom. The van der Waals surface area contributed by atoms with Gasteiger partial charge in [-0.1, -0.05) is 29.5 Å². The molecule has 0 atom stereocenters. The van der Waals surface area contributed by atoms with E-state index in [1.54, 1.807) is 23.1 Å².